The first-order valence-electron chi connectivity index (χ1n) is 13.9. The van der Waals surface area contributed by atoms with Crippen molar-refractivity contribution in [1.82, 2.24) is 29.5 Å². The minimum atomic E-state index is -4.70. The molecule has 230 valence electrons. The van der Waals surface area contributed by atoms with Crippen molar-refractivity contribution in [2.75, 3.05) is 5.32 Å². The second-order valence-electron chi connectivity index (χ2n) is 10.7. The maximum atomic E-state index is 15.1. The number of anilines is 1. The Labute approximate surface area is 258 Å². The molecule has 0 spiro atoms. The first kappa shape index (κ1) is 30.1. The Morgan fingerprint density at radius 1 is 1.02 bits per heavy atom. The number of hydrogen-bond donors (Lipinski definition) is 1. The van der Waals surface area contributed by atoms with Gasteiger partial charge < -0.3 is 5.32 Å². The molecule has 5 aromatic rings. The molecule has 45 heavy (non-hydrogen) atoms. The van der Waals surface area contributed by atoms with Crippen LogP contribution in [-0.2, 0) is 11.0 Å². The van der Waals surface area contributed by atoms with Crippen molar-refractivity contribution in [3.8, 4) is 28.1 Å². The monoisotopic (exact) mass is 637 g/mol. The van der Waals surface area contributed by atoms with Gasteiger partial charge >= 0.3 is 6.18 Å². The van der Waals surface area contributed by atoms with Crippen LogP contribution < -0.4 is 10.9 Å². The summed E-state index contributed by atoms with van der Waals surface area (Å²) in [5, 5.41) is 9.93. The molecule has 0 saturated heterocycles. The number of nitrogens with zero attached hydrogens (tertiary/aromatic N) is 6. The number of rotatable bonds is 3. The minimum Gasteiger partial charge on any atom is -0.325 e. The topological polar surface area (TPSA) is 108 Å². The molecule has 1 amide bonds. The zero-order valence-corrected chi connectivity index (χ0v) is 24.3. The highest BCUT2D eigenvalue weighted by molar-refractivity contribution is 6.31. The van der Waals surface area contributed by atoms with E-state index in [1.165, 1.54) is 53.5 Å². The molecular formula is C31H24ClF4N7O2. The van der Waals surface area contributed by atoms with Crippen molar-refractivity contribution in [3.05, 3.63) is 106 Å². The second-order valence-corrected chi connectivity index (χ2v) is 11.1. The first-order valence-corrected chi connectivity index (χ1v) is 14.3. The smallest absolute Gasteiger partial charge is 0.325 e. The highest BCUT2D eigenvalue weighted by Crippen LogP contribution is 2.35. The number of hydrogen-bond acceptors (Lipinski definition) is 6. The largest absolute Gasteiger partial charge is 0.436 e. The van der Waals surface area contributed by atoms with Crippen LogP contribution in [0.15, 0.2) is 78.1 Å². The van der Waals surface area contributed by atoms with Crippen molar-refractivity contribution < 1.29 is 22.4 Å². The van der Waals surface area contributed by atoms with Crippen LogP contribution in [0, 0.1) is 11.7 Å². The van der Waals surface area contributed by atoms with E-state index in [-0.39, 0.29) is 39.4 Å². The van der Waals surface area contributed by atoms with E-state index in [4.69, 9.17) is 11.6 Å². The summed E-state index contributed by atoms with van der Waals surface area (Å²) in [6.07, 6.45) is 0.361. The molecule has 2 aromatic carbocycles. The number of benzene rings is 2. The summed E-state index contributed by atoms with van der Waals surface area (Å²) in [4.78, 5) is 35.6. The van der Waals surface area contributed by atoms with Crippen molar-refractivity contribution in [2.45, 2.75) is 38.4 Å². The van der Waals surface area contributed by atoms with Crippen LogP contribution in [0.3, 0.4) is 0 Å². The van der Waals surface area contributed by atoms with Gasteiger partial charge in [0.1, 0.15) is 5.82 Å². The van der Waals surface area contributed by atoms with E-state index < -0.39 is 29.3 Å². The quantitative estimate of drug-likeness (QED) is 0.220. The molecule has 1 aliphatic heterocycles. The van der Waals surface area contributed by atoms with Gasteiger partial charge in [-0.05, 0) is 60.9 Å². The van der Waals surface area contributed by atoms with Crippen LogP contribution in [-0.4, -0.2) is 35.4 Å². The lowest BCUT2D eigenvalue weighted by Gasteiger charge is -2.23. The summed E-state index contributed by atoms with van der Waals surface area (Å²) in [5.74, 6) is -1.16. The van der Waals surface area contributed by atoms with Gasteiger partial charge in [-0.3, -0.25) is 19.1 Å². The van der Waals surface area contributed by atoms with E-state index in [0.29, 0.717) is 36.2 Å². The molecule has 9 nitrogen and oxygen atoms in total. The second kappa shape index (κ2) is 11.9. The number of halogens is 5. The fraction of sp³-hybridized carbons (Fsp3) is 0.226. The standard InChI is InChI=1S/C31H24ClF4N7O2/c1-17-4-2-7-26(24-12-18(10-11-37-24)29-21(33)5-3-6-22(29)39-30(17)45)42-16-38-23(14-28(42)44)20-13-19(32)8-9-25(20)43-15-27(40-41-43)31(34,35)36/h3,5-6,8-17,26H,2,4,7H2,1H3,(H,39,45)/t17-,26+/m1/s1. The molecular weight excluding hydrogens is 614 g/mol. The maximum absolute atomic E-state index is 15.1. The average Bonchev–Trinajstić information content (AvgIpc) is 3.50. The zero-order valence-electron chi connectivity index (χ0n) is 23.6. The summed E-state index contributed by atoms with van der Waals surface area (Å²) < 4.78 is 57.1. The summed E-state index contributed by atoms with van der Waals surface area (Å²) in [6.45, 7) is 1.78. The molecule has 0 radical (unpaired) electrons. The summed E-state index contributed by atoms with van der Waals surface area (Å²) in [5.41, 5.74) is 0.432. The Hall–Kier alpha value is -4.91. The number of amides is 1. The molecule has 0 aliphatic carbocycles. The van der Waals surface area contributed by atoms with Crippen LogP contribution >= 0.6 is 11.6 Å². The van der Waals surface area contributed by atoms with E-state index in [9.17, 15) is 22.8 Å². The number of nitrogens with one attached hydrogen (secondary N) is 1. The Balaban J connectivity index is 1.43. The van der Waals surface area contributed by atoms with Gasteiger partial charge in [0.2, 0.25) is 5.91 Å². The average molecular weight is 638 g/mol. The number of carbonyl (C=O) groups excluding carboxylic acids is 1. The SMILES string of the molecule is C[C@@H]1CCC[C@H](n2cnc(-c3cc(Cl)ccc3-n3cc(C(F)(F)F)nn3)cc2=O)c2cc(ccn2)-c2c(F)cccc2NC1=O. The number of carbonyl (C=O) groups is 1. The van der Waals surface area contributed by atoms with E-state index in [0.717, 1.165) is 10.9 Å². The Bertz CT molecular complexity index is 1970. The number of alkyl halides is 3. The van der Waals surface area contributed by atoms with Gasteiger partial charge in [-0.25, -0.2) is 14.1 Å². The van der Waals surface area contributed by atoms with Crippen LogP contribution in [0.1, 0.15) is 43.6 Å². The van der Waals surface area contributed by atoms with Crippen LogP contribution in [0.2, 0.25) is 5.02 Å². The number of fused-ring (bicyclic) bond motifs is 4. The zero-order chi connectivity index (χ0) is 31.9. The predicted molar refractivity (Wildman–Crippen MR) is 158 cm³/mol. The van der Waals surface area contributed by atoms with Gasteiger partial charge in [0.15, 0.2) is 5.69 Å². The molecule has 0 saturated carbocycles. The van der Waals surface area contributed by atoms with Crippen LogP contribution in [0.4, 0.5) is 23.2 Å². The highest BCUT2D eigenvalue weighted by atomic mass is 35.5. The van der Waals surface area contributed by atoms with E-state index in [1.807, 2.05) is 0 Å². The molecule has 1 aliphatic rings. The van der Waals surface area contributed by atoms with Gasteiger partial charge in [0, 0.05) is 34.3 Å². The van der Waals surface area contributed by atoms with Gasteiger partial charge in [0.05, 0.1) is 41.3 Å². The first-order chi connectivity index (χ1) is 21.5. The van der Waals surface area contributed by atoms with Gasteiger partial charge in [-0.1, -0.05) is 36.2 Å². The van der Waals surface area contributed by atoms with Gasteiger partial charge in [0.25, 0.3) is 5.56 Å². The Morgan fingerprint density at radius 3 is 2.60 bits per heavy atom. The van der Waals surface area contributed by atoms with Gasteiger partial charge in [-0.15, -0.1) is 5.10 Å². The van der Waals surface area contributed by atoms with Crippen molar-refractivity contribution in [3.63, 3.8) is 0 Å². The maximum Gasteiger partial charge on any atom is 0.436 e. The fourth-order valence-corrected chi connectivity index (χ4v) is 5.53. The molecule has 1 N–H and O–H groups in total. The molecule has 3 aromatic heterocycles. The van der Waals surface area contributed by atoms with E-state index >= 15 is 4.39 Å². The normalized spacial score (nSPS) is 17.2. The molecule has 0 unspecified atom stereocenters. The number of aromatic nitrogens is 6. The molecule has 4 heterocycles. The summed E-state index contributed by atoms with van der Waals surface area (Å²) in [7, 11) is 0. The van der Waals surface area contributed by atoms with Crippen molar-refractivity contribution in [2.24, 2.45) is 5.92 Å². The molecule has 0 fully saturated rings. The van der Waals surface area contributed by atoms with Crippen molar-refractivity contribution in [1.29, 1.82) is 0 Å². The third-order valence-electron chi connectivity index (χ3n) is 7.68. The van der Waals surface area contributed by atoms with Gasteiger partial charge in [-0.2, -0.15) is 13.2 Å². The third-order valence-corrected chi connectivity index (χ3v) is 7.92. The van der Waals surface area contributed by atoms with Crippen LogP contribution in [0.25, 0.3) is 28.1 Å². The predicted octanol–water partition coefficient (Wildman–Crippen LogP) is 6.71. The summed E-state index contributed by atoms with van der Waals surface area (Å²) in [6, 6.07) is 12.8. The molecule has 2 atom stereocenters. The third kappa shape index (κ3) is 6.07. The lowest BCUT2D eigenvalue weighted by molar-refractivity contribution is -0.141. The van der Waals surface area contributed by atoms with E-state index in [1.54, 1.807) is 25.1 Å². The van der Waals surface area contributed by atoms with Crippen molar-refractivity contribution >= 4 is 23.2 Å². The lowest BCUT2D eigenvalue weighted by atomic mass is 9.95. The molecule has 2 bridgehead atoms. The van der Waals surface area contributed by atoms with Crippen LogP contribution in [0.5, 0.6) is 0 Å². The Morgan fingerprint density at radius 2 is 1.84 bits per heavy atom. The molecule has 6 rings (SSSR count). The lowest BCUT2D eigenvalue weighted by Crippen LogP contribution is -2.27. The fourth-order valence-electron chi connectivity index (χ4n) is 5.36. The highest BCUT2D eigenvalue weighted by Gasteiger charge is 2.35. The van der Waals surface area contributed by atoms with E-state index in [2.05, 4.69) is 25.6 Å². The minimum absolute atomic E-state index is 0.147. The Kier molecular flexibility index (Phi) is 7.96. The summed E-state index contributed by atoms with van der Waals surface area (Å²) >= 11 is 6.22. The molecule has 14 heteroatoms. The number of pyridine rings is 1.